The predicted octanol–water partition coefficient (Wildman–Crippen LogP) is 1.59. The van der Waals surface area contributed by atoms with Crippen LogP contribution in [-0.4, -0.2) is 28.9 Å². The van der Waals surface area contributed by atoms with Crippen LogP contribution in [0.2, 0.25) is 25.7 Å². The largest absolute Gasteiger partial charge is 0.403 e. The summed E-state index contributed by atoms with van der Waals surface area (Å²) in [6.45, 7) is 7.81. The number of rotatable bonds is 3. The smallest absolute Gasteiger partial charge is 0.199 e. The van der Waals surface area contributed by atoms with E-state index in [1.165, 1.54) is 6.92 Å². The van der Waals surface area contributed by atoms with E-state index in [1.54, 1.807) is 6.07 Å². The summed E-state index contributed by atoms with van der Waals surface area (Å²) >= 11 is 0. The molecule has 0 saturated carbocycles. The molecular formula is C7H19NO3PSi+. The Morgan fingerprint density at radius 1 is 1.23 bits per heavy atom. The van der Waals surface area contributed by atoms with Gasteiger partial charge in [-0.3, -0.25) is 0 Å². The van der Waals surface area contributed by atoms with Gasteiger partial charge in [-0.05, 0) is 6.04 Å². The molecule has 6 heteroatoms. The first-order valence-electron chi connectivity index (χ1n) is 3.99. The Bertz CT molecular complexity index is 154. The molecule has 4 nitrogen and oxygen atoms in total. The Hall–Kier alpha value is 0.0169. The minimum Gasteiger partial charge on any atom is -0.199 e. The molecule has 13 heavy (non-hydrogen) atoms. The molecule has 0 spiro atoms. The van der Waals surface area contributed by atoms with Crippen molar-refractivity contribution in [2.45, 2.75) is 32.6 Å². The molecule has 0 aromatic rings. The first-order chi connectivity index (χ1) is 5.62. The van der Waals surface area contributed by atoms with Crippen LogP contribution in [0.3, 0.4) is 0 Å². The van der Waals surface area contributed by atoms with E-state index < -0.39 is 16.0 Å². The molecule has 0 rings (SSSR count). The molecule has 0 amide bonds. The van der Waals surface area contributed by atoms with Gasteiger partial charge in [0.15, 0.2) is 0 Å². The molecule has 0 aromatic heterocycles. The van der Waals surface area contributed by atoms with Crippen molar-refractivity contribution in [1.82, 2.24) is 0 Å². The van der Waals surface area contributed by atoms with Gasteiger partial charge >= 0.3 is 7.94 Å². The molecule has 78 valence electrons. The van der Waals surface area contributed by atoms with E-state index in [9.17, 15) is 0 Å². The zero-order valence-electron chi connectivity index (χ0n) is 8.65. The number of hydrogen-bond donors (Lipinski definition) is 3. The standard InChI is InChI=1S/C5H16O3PSi.C2H3N/c1-10(2,3)5-4-9(6,7)8;1-2-3/h6-8H,4-5H2,1-3H3;1H3/q+1;. The molecule has 3 N–H and O–H groups in total. The second-order valence-corrected chi connectivity index (χ2v) is 11.4. The summed E-state index contributed by atoms with van der Waals surface area (Å²) in [6, 6.07) is 2.52. The predicted molar refractivity (Wildman–Crippen MR) is 57.9 cm³/mol. The molecule has 0 heterocycles. The normalized spacial score (nSPS) is 11.2. The van der Waals surface area contributed by atoms with Crippen molar-refractivity contribution in [2.24, 2.45) is 0 Å². The van der Waals surface area contributed by atoms with E-state index in [2.05, 4.69) is 19.6 Å². The van der Waals surface area contributed by atoms with Gasteiger partial charge < -0.3 is 0 Å². The van der Waals surface area contributed by atoms with Crippen molar-refractivity contribution in [3.8, 4) is 6.07 Å². The topological polar surface area (TPSA) is 84.5 Å². The Morgan fingerprint density at radius 3 is 1.62 bits per heavy atom. The van der Waals surface area contributed by atoms with Gasteiger partial charge in [-0.25, -0.2) is 0 Å². The third-order valence-corrected chi connectivity index (χ3v) is 4.16. The second kappa shape index (κ2) is 6.47. The SMILES string of the molecule is CC#N.C[Si](C)(C)CC[P+](O)(O)O. The third-order valence-electron chi connectivity index (χ3n) is 1.16. The lowest BCUT2D eigenvalue weighted by Crippen LogP contribution is -2.21. The van der Waals surface area contributed by atoms with Crippen molar-refractivity contribution in [3.63, 3.8) is 0 Å². The maximum atomic E-state index is 8.63. The Morgan fingerprint density at radius 2 is 1.54 bits per heavy atom. The molecule has 0 fully saturated rings. The van der Waals surface area contributed by atoms with Crippen molar-refractivity contribution >= 4 is 16.0 Å². The van der Waals surface area contributed by atoms with Gasteiger partial charge in [-0.1, -0.05) is 19.6 Å². The molecule has 0 unspecified atom stereocenters. The fourth-order valence-electron chi connectivity index (χ4n) is 0.485. The summed E-state index contributed by atoms with van der Waals surface area (Å²) in [4.78, 5) is 25.9. The first-order valence-corrected chi connectivity index (χ1v) is 9.53. The minimum atomic E-state index is -3.48. The van der Waals surface area contributed by atoms with Gasteiger partial charge in [0.1, 0.15) is 6.16 Å². The van der Waals surface area contributed by atoms with Gasteiger partial charge in [-0.15, -0.1) is 0 Å². The average Bonchev–Trinajstić information content (AvgIpc) is 1.82. The van der Waals surface area contributed by atoms with Gasteiger partial charge in [0.05, 0.1) is 6.07 Å². The maximum Gasteiger partial charge on any atom is 0.403 e. The van der Waals surface area contributed by atoms with Gasteiger partial charge in [0.25, 0.3) is 0 Å². The molecule has 0 radical (unpaired) electrons. The molecule has 0 atom stereocenters. The van der Waals surface area contributed by atoms with E-state index in [0.29, 0.717) is 0 Å². The third kappa shape index (κ3) is 24.5. The van der Waals surface area contributed by atoms with Crippen LogP contribution in [0, 0.1) is 11.3 Å². The van der Waals surface area contributed by atoms with Crippen LogP contribution in [0.25, 0.3) is 0 Å². The highest BCUT2D eigenvalue weighted by atomic mass is 31.2. The monoisotopic (exact) mass is 224 g/mol. The molecule has 0 aromatic carbocycles. The molecular weight excluding hydrogens is 205 g/mol. The van der Waals surface area contributed by atoms with E-state index >= 15 is 0 Å². The highest BCUT2D eigenvalue weighted by molar-refractivity contribution is 7.58. The van der Waals surface area contributed by atoms with E-state index in [4.69, 9.17) is 19.9 Å². The van der Waals surface area contributed by atoms with Crippen molar-refractivity contribution in [2.75, 3.05) is 6.16 Å². The van der Waals surface area contributed by atoms with Crippen LogP contribution in [0.1, 0.15) is 6.92 Å². The lowest BCUT2D eigenvalue weighted by atomic mass is 11.0. The second-order valence-electron chi connectivity index (χ2n) is 3.95. The Balaban J connectivity index is 0. The Labute approximate surface area is 81.4 Å². The summed E-state index contributed by atoms with van der Waals surface area (Å²) < 4.78 is 0. The van der Waals surface area contributed by atoms with Gasteiger partial charge in [-0.2, -0.15) is 19.9 Å². The van der Waals surface area contributed by atoms with Crippen LogP contribution >= 0.6 is 7.94 Å². The van der Waals surface area contributed by atoms with Crippen LogP contribution in [0.5, 0.6) is 0 Å². The van der Waals surface area contributed by atoms with E-state index in [0.717, 1.165) is 6.04 Å². The van der Waals surface area contributed by atoms with Crippen LogP contribution in [0.4, 0.5) is 0 Å². The van der Waals surface area contributed by atoms with Crippen molar-refractivity contribution < 1.29 is 14.7 Å². The zero-order valence-corrected chi connectivity index (χ0v) is 10.5. The number of nitrogens with zero attached hydrogens (tertiary/aromatic N) is 1. The van der Waals surface area contributed by atoms with Crippen molar-refractivity contribution in [3.05, 3.63) is 0 Å². The molecule has 0 aliphatic rings. The maximum absolute atomic E-state index is 8.63. The van der Waals surface area contributed by atoms with Gasteiger partial charge in [0.2, 0.25) is 0 Å². The molecule has 0 saturated heterocycles. The Kier molecular flexibility index (Phi) is 7.71. The first kappa shape index (κ1) is 15.5. The quantitative estimate of drug-likeness (QED) is 0.502. The summed E-state index contributed by atoms with van der Waals surface area (Å²) in [5.41, 5.74) is 0. The summed E-state index contributed by atoms with van der Waals surface area (Å²) in [5.74, 6) is 0. The van der Waals surface area contributed by atoms with E-state index in [-0.39, 0.29) is 6.16 Å². The zero-order chi connectivity index (χ0) is 11.1. The number of hydrogen-bond acceptors (Lipinski definition) is 4. The van der Waals surface area contributed by atoms with E-state index in [1.807, 2.05) is 0 Å². The van der Waals surface area contributed by atoms with Crippen molar-refractivity contribution in [1.29, 1.82) is 5.26 Å². The number of nitriles is 1. The molecule has 0 bridgehead atoms. The average molecular weight is 224 g/mol. The van der Waals surface area contributed by atoms with Crippen LogP contribution in [-0.2, 0) is 0 Å². The lowest BCUT2D eigenvalue weighted by Gasteiger charge is -2.14. The van der Waals surface area contributed by atoms with Crippen LogP contribution in [0.15, 0.2) is 0 Å². The highest BCUT2D eigenvalue weighted by Gasteiger charge is 2.31. The molecule has 0 aliphatic heterocycles. The summed E-state index contributed by atoms with van der Waals surface area (Å²) in [7, 11) is -4.70. The lowest BCUT2D eigenvalue weighted by molar-refractivity contribution is 0.332. The fraction of sp³-hybridized carbons (Fsp3) is 0.857. The summed E-state index contributed by atoms with van der Waals surface area (Å²) in [5, 5.41) is 7.32. The summed E-state index contributed by atoms with van der Waals surface area (Å²) in [6.07, 6.45) is 0.169. The fourth-order valence-corrected chi connectivity index (χ4v) is 4.37. The highest BCUT2D eigenvalue weighted by Crippen LogP contribution is 2.45. The van der Waals surface area contributed by atoms with Gasteiger partial charge in [0, 0.05) is 15.0 Å². The minimum absolute atomic E-state index is 0.169. The van der Waals surface area contributed by atoms with Crippen LogP contribution < -0.4 is 0 Å². The molecule has 0 aliphatic carbocycles.